The van der Waals surface area contributed by atoms with Crippen molar-refractivity contribution in [2.45, 2.75) is 11.8 Å². The van der Waals surface area contributed by atoms with E-state index in [0.29, 0.717) is 6.54 Å². The number of rotatable bonds is 3. The summed E-state index contributed by atoms with van der Waals surface area (Å²) in [5.74, 6) is -0.428. The fourth-order valence-electron chi connectivity index (χ4n) is 1.05. The molecule has 1 N–H and O–H groups in total. The predicted molar refractivity (Wildman–Crippen MR) is 52.7 cm³/mol. The topological polar surface area (TPSA) is 63.2 Å². The van der Waals surface area contributed by atoms with Gasteiger partial charge < -0.3 is 5.32 Å². The summed E-state index contributed by atoms with van der Waals surface area (Å²) < 4.78 is 33.7. The average molecular weight is 231 g/mol. The Kier molecular flexibility index (Phi) is 3.41. The van der Waals surface area contributed by atoms with Crippen molar-refractivity contribution in [3.8, 4) is 0 Å². The van der Waals surface area contributed by atoms with E-state index < -0.39 is 21.0 Å². The van der Waals surface area contributed by atoms with Gasteiger partial charge in [-0.3, -0.25) is 4.79 Å². The highest BCUT2D eigenvalue weighted by Crippen LogP contribution is 2.13. The van der Waals surface area contributed by atoms with Gasteiger partial charge in [0.2, 0.25) is 0 Å². The smallest absolute Gasteiger partial charge is 0.332 e. The summed E-state index contributed by atoms with van der Waals surface area (Å²) in [5.41, 5.74) is 0.121. The molecule has 82 valence electrons. The maximum atomic E-state index is 12.6. The molecule has 0 aliphatic rings. The first-order chi connectivity index (χ1) is 6.95. The van der Waals surface area contributed by atoms with Crippen molar-refractivity contribution in [1.82, 2.24) is 5.32 Å². The van der Waals surface area contributed by atoms with Gasteiger partial charge in [-0.1, -0.05) is 6.07 Å². The summed E-state index contributed by atoms with van der Waals surface area (Å²) in [6, 6.07) is 4.83. The Bertz CT molecular complexity index is 470. The van der Waals surface area contributed by atoms with Crippen molar-refractivity contribution in [2.75, 3.05) is 6.54 Å². The Labute approximate surface area is 87.3 Å². The average Bonchev–Trinajstić information content (AvgIpc) is 2.17. The highest BCUT2D eigenvalue weighted by molar-refractivity contribution is 7.86. The fourth-order valence-corrected chi connectivity index (χ4v) is 1.56. The predicted octanol–water partition coefficient (Wildman–Crippen LogP) is 1.09. The zero-order valence-corrected chi connectivity index (χ0v) is 8.84. The molecule has 0 aliphatic carbocycles. The van der Waals surface area contributed by atoms with Crippen LogP contribution in [0.3, 0.4) is 0 Å². The Morgan fingerprint density at radius 2 is 2.13 bits per heavy atom. The van der Waals surface area contributed by atoms with E-state index in [1.807, 2.05) is 0 Å². The minimum atomic E-state index is -4.75. The Morgan fingerprint density at radius 1 is 1.47 bits per heavy atom. The van der Waals surface area contributed by atoms with Crippen LogP contribution in [0.2, 0.25) is 0 Å². The Hall–Kier alpha value is -1.43. The van der Waals surface area contributed by atoms with Gasteiger partial charge in [0.25, 0.3) is 5.91 Å². The molecule has 1 rings (SSSR count). The molecule has 0 saturated heterocycles. The Balaban J connectivity index is 3.09. The number of carbonyl (C=O) groups excluding carboxylic acids is 1. The monoisotopic (exact) mass is 231 g/mol. The molecule has 1 aromatic rings. The van der Waals surface area contributed by atoms with Crippen molar-refractivity contribution in [2.24, 2.45) is 0 Å². The van der Waals surface area contributed by atoms with E-state index >= 15 is 0 Å². The molecule has 0 atom stereocenters. The summed E-state index contributed by atoms with van der Waals surface area (Å²) >= 11 is 0. The van der Waals surface area contributed by atoms with Crippen LogP contribution >= 0.6 is 0 Å². The largest absolute Gasteiger partial charge is 0.352 e. The molecule has 0 bridgehead atoms. The number of hydrogen-bond donors (Lipinski definition) is 1. The first-order valence-corrected chi connectivity index (χ1v) is 5.66. The molecule has 15 heavy (non-hydrogen) atoms. The molecule has 0 saturated carbocycles. The van der Waals surface area contributed by atoms with Crippen LogP contribution in [0.4, 0.5) is 3.89 Å². The number of amides is 1. The van der Waals surface area contributed by atoms with Gasteiger partial charge in [0.1, 0.15) is 0 Å². The van der Waals surface area contributed by atoms with E-state index in [1.54, 1.807) is 6.92 Å². The van der Waals surface area contributed by atoms with Crippen LogP contribution in [-0.2, 0) is 10.2 Å². The lowest BCUT2D eigenvalue weighted by Gasteiger charge is -2.02. The van der Waals surface area contributed by atoms with Gasteiger partial charge in [-0.05, 0) is 25.1 Å². The summed E-state index contributed by atoms with van der Waals surface area (Å²) in [4.78, 5) is 10.8. The molecule has 0 radical (unpaired) electrons. The van der Waals surface area contributed by atoms with Gasteiger partial charge in [0.05, 0.1) is 4.90 Å². The molecule has 0 spiro atoms. The van der Waals surface area contributed by atoms with Crippen molar-refractivity contribution in [1.29, 1.82) is 0 Å². The second-order valence-electron chi connectivity index (χ2n) is 2.83. The number of benzene rings is 1. The van der Waals surface area contributed by atoms with E-state index in [9.17, 15) is 17.1 Å². The van der Waals surface area contributed by atoms with Crippen molar-refractivity contribution >= 4 is 16.1 Å². The lowest BCUT2D eigenvalue weighted by molar-refractivity contribution is 0.0955. The number of hydrogen-bond acceptors (Lipinski definition) is 3. The van der Waals surface area contributed by atoms with Crippen molar-refractivity contribution in [3.05, 3.63) is 29.8 Å². The van der Waals surface area contributed by atoms with Crippen LogP contribution in [0.1, 0.15) is 17.3 Å². The summed E-state index contributed by atoms with van der Waals surface area (Å²) in [7, 11) is -4.75. The highest BCUT2D eigenvalue weighted by Gasteiger charge is 2.14. The highest BCUT2D eigenvalue weighted by atomic mass is 32.3. The maximum Gasteiger partial charge on any atom is 0.332 e. The van der Waals surface area contributed by atoms with Crippen molar-refractivity contribution in [3.63, 3.8) is 0 Å². The number of carbonyl (C=O) groups is 1. The molecule has 0 fully saturated rings. The van der Waals surface area contributed by atoms with Gasteiger partial charge in [-0.2, -0.15) is 8.42 Å². The second-order valence-corrected chi connectivity index (χ2v) is 4.17. The van der Waals surface area contributed by atoms with Gasteiger partial charge in [0.15, 0.2) is 0 Å². The van der Waals surface area contributed by atoms with Crippen LogP contribution < -0.4 is 5.32 Å². The molecular weight excluding hydrogens is 221 g/mol. The van der Waals surface area contributed by atoms with E-state index in [2.05, 4.69) is 5.32 Å². The molecule has 0 unspecified atom stereocenters. The number of nitrogens with one attached hydrogen (secondary N) is 1. The van der Waals surface area contributed by atoms with E-state index in [-0.39, 0.29) is 5.56 Å². The quantitative estimate of drug-likeness (QED) is 0.792. The molecular formula is C9H10FNO3S. The summed E-state index contributed by atoms with van der Waals surface area (Å²) in [5, 5.41) is 2.48. The Morgan fingerprint density at radius 3 is 2.67 bits per heavy atom. The molecule has 1 amide bonds. The zero-order valence-electron chi connectivity index (χ0n) is 8.03. The third kappa shape index (κ3) is 3.02. The summed E-state index contributed by atoms with van der Waals surface area (Å²) in [6.45, 7) is 2.15. The van der Waals surface area contributed by atoms with Crippen LogP contribution in [0.5, 0.6) is 0 Å². The first-order valence-electron chi connectivity index (χ1n) is 4.28. The van der Waals surface area contributed by atoms with Crippen molar-refractivity contribution < 1.29 is 17.1 Å². The minimum Gasteiger partial charge on any atom is -0.352 e. The first kappa shape index (κ1) is 11.6. The molecule has 1 aromatic carbocycles. The van der Waals surface area contributed by atoms with Gasteiger partial charge in [-0.15, -0.1) is 3.89 Å². The van der Waals surface area contributed by atoms with Gasteiger partial charge >= 0.3 is 10.2 Å². The lowest BCUT2D eigenvalue weighted by Crippen LogP contribution is -2.22. The lowest BCUT2D eigenvalue weighted by atomic mass is 10.2. The van der Waals surface area contributed by atoms with Crippen LogP contribution in [0, 0.1) is 0 Å². The van der Waals surface area contributed by atoms with E-state index in [1.165, 1.54) is 12.1 Å². The maximum absolute atomic E-state index is 12.6. The molecule has 0 aromatic heterocycles. The standard InChI is InChI=1S/C9H10FNO3S/c1-2-11-9(12)7-4-3-5-8(6-7)15(10,13)14/h3-6H,2H2,1H3,(H,11,12). The van der Waals surface area contributed by atoms with Crippen LogP contribution in [0.25, 0.3) is 0 Å². The number of halogens is 1. The van der Waals surface area contributed by atoms with Crippen LogP contribution in [-0.4, -0.2) is 20.9 Å². The fraction of sp³-hybridized carbons (Fsp3) is 0.222. The van der Waals surface area contributed by atoms with Gasteiger partial charge in [0, 0.05) is 12.1 Å². The normalized spacial score (nSPS) is 11.1. The molecule has 4 nitrogen and oxygen atoms in total. The SMILES string of the molecule is CCNC(=O)c1cccc(S(=O)(=O)F)c1. The molecule has 0 heterocycles. The molecule has 6 heteroatoms. The molecule has 0 aliphatic heterocycles. The van der Waals surface area contributed by atoms with Crippen LogP contribution in [0.15, 0.2) is 29.2 Å². The minimum absolute atomic E-state index is 0.121. The zero-order chi connectivity index (χ0) is 11.5. The summed E-state index contributed by atoms with van der Waals surface area (Å²) in [6.07, 6.45) is 0. The van der Waals surface area contributed by atoms with E-state index in [4.69, 9.17) is 0 Å². The third-order valence-corrected chi connectivity index (χ3v) is 2.53. The van der Waals surface area contributed by atoms with E-state index in [0.717, 1.165) is 12.1 Å². The second kappa shape index (κ2) is 4.39. The third-order valence-electron chi connectivity index (χ3n) is 1.72. The van der Waals surface area contributed by atoms with Gasteiger partial charge in [-0.25, -0.2) is 0 Å².